The van der Waals surface area contributed by atoms with Crippen molar-refractivity contribution in [3.63, 3.8) is 0 Å². The van der Waals surface area contributed by atoms with E-state index < -0.39 is 17.7 Å². The molecule has 32 heavy (non-hydrogen) atoms. The Morgan fingerprint density at radius 1 is 1.38 bits per heavy atom. The number of hydrogen-bond acceptors (Lipinski definition) is 6. The minimum absolute atomic E-state index is 0.169. The van der Waals surface area contributed by atoms with Gasteiger partial charge in [-0.3, -0.25) is 9.69 Å². The van der Waals surface area contributed by atoms with Crippen molar-refractivity contribution in [3.05, 3.63) is 34.8 Å². The zero-order valence-corrected chi connectivity index (χ0v) is 18.8. The Labute approximate surface area is 189 Å². The highest BCUT2D eigenvalue weighted by Crippen LogP contribution is 2.38. The van der Waals surface area contributed by atoms with E-state index in [-0.39, 0.29) is 24.0 Å². The third kappa shape index (κ3) is 6.83. The molecular weight excluding hydrogens is 443 g/mol. The van der Waals surface area contributed by atoms with Crippen LogP contribution >= 0.6 is 11.3 Å². The van der Waals surface area contributed by atoms with Gasteiger partial charge in [0.1, 0.15) is 5.75 Å². The summed E-state index contributed by atoms with van der Waals surface area (Å²) in [5, 5.41) is 14.5. The molecule has 3 rings (SSSR count). The average molecular weight is 472 g/mol. The maximum atomic E-state index is 13.5. The van der Waals surface area contributed by atoms with Crippen molar-refractivity contribution < 1.29 is 27.8 Å². The van der Waals surface area contributed by atoms with E-state index in [1.54, 1.807) is 6.07 Å². The average Bonchev–Trinajstić information content (AvgIpc) is 3.18. The van der Waals surface area contributed by atoms with Gasteiger partial charge in [-0.2, -0.15) is 13.2 Å². The third-order valence-corrected chi connectivity index (χ3v) is 6.14. The summed E-state index contributed by atoms with van der Waals surface area (Å²) in [6, 6.07) is 3.93. The van der Waals surface area contributed by atoms with Gasteiger partial charge in [-0.1, -0.05) is 19.8 Å². The lowest BCUT2D eigenvalue weighted by atomic mass is 9.98. The highest BCUT2D eigenvalue weighted by Gasteiger charge is 2.35. The van der Waals surface area contributed by atoms with Gasteiger partial charge in [-0.05, 0) is 44.0 Å². The summed E-state index contributed by atoms with van der Waals surface area (Å²) in [6.45, 7) is 4.06. The minimum Gasteiger partial charge on any atom is -0.493 e. The van der Waals surface area contributed by atoms with Gasteiger partial charge < -0.3 is 15.2 Å². The monoisotopic (exact) mass is 471 g/mol. The number of carboxylic acids is 1. The summed E-state index contributed by atoms with van der Waals surface area (Å²) in [6.07, 6.45) is -0.455. The van der Waals surface area contributed by atoms with Crippen LogP contribution in [0, 0.1) is 5.92 Å². The van der Waals surface area contributed by atoms with E-state index >= 15 is 0 Å². The van der Waals surface area contributed by atoms with Crippen LogP contribution in [0.4, 0.5) is 24.0 Å². The molecule has 0 aliphatic carbocycles. The number of hydrogen-bond donors (Lipinski definition) is 2. The van der Waals surface area contributed by atoms with Crippen molar-refractivity contribution >= 4 is 28.1 Å². The molecule has 0 spiro atoms. The Morgan fingerprint density at radius 2 is 2.19 bits per heavy atom. The van der Waals surface area contributed by atoms with Gasteiger partial charge in [-0.15, -0.1) is 11.3 Å². The fourth-order valence-corrected chi connectivity index (χ4v) is 4.40. The molecule has 1 saturated heterocycles. The number of nitrogens with one attached hydrogen (secondary N) is 1. The molecule has 176 valence electrons. The molecule has 1 fully saturated rings. The molecule has 1 aromatic carbocycles. The van der Waals surface area contributed by atoms with Gasteiger partial charge in [0.15, 0.2) is 5.13 Å². The van der Waals surface area contributed by atoms with E-state index in [0.717, 1.165) is 37.6 Å². The zero-order valence-electron chi connectivity index (χ0n) is 18.0. The number of nitrogens with zero attached hydrogens (tertiary/aromatic N) is 2. The number of benzene rings is 1. The smallest absolute Gasteiger partial charge is 0.420 e. The maximum Gasteiger partial charge on any atom is 0.420 e. The number of carbonyl (C=O) groups is 1. The van der Waals surface area contributed by atoms with Crippen LogP contribution in [0.25, 0.3) is 0 Å². The van der Waals surface area contributed by atoms with Crippen LogP contribution in [0.2, 0.25) is 0 Å². The number of halogens is 3. The molecule has 2 aromatic rings. The lowest BCUT2D eigenvalue weighted by Crippen LogP contribution is -2.38. The molecule has 6 nitrogen and oxygen atoms in total. The zero-order chi connectivity index (χ0) is 23.1. The second-order valence-corrected chi connectivity index (χ2v) is 8.80. The SMILES string of the molecule is CCCCCOc1ccc(Nc2nc(CN3CCCC(C(=O)O)C3)cs2)cc1C(F)(F)F. The Bertz CT molecular complexity index is 904. The predicted octanol–water partition coefficient (Wildman–Crippen LogP) is 5.77. The van der Waals surface area contributed by atoms with Gasteiger partial charge in [0.05, 0.1) is 23.8 Å². The van der Waals surface area contributed by atoms with Gasteiger partial charge in [0.25, 0.3) is 0 Å². The fraction of sp³-hybridized carbons (Fsp3) is 0.545. The number of likely N-dealkylation sites (tertiary alicyclic amines) is 1. The Kier molecular flexibility index (Phi) is 8.36. The number of carboxylic acid groups (broad SMARTS) is 1. The maximum absolute atomic E-state index is 13.5. The molecule has 2 N–H and O–H groups in total. The molecule has 10 heteroatoms. The van der Waals surface area contributed by atoms with Crippen LogP contribution < -0.4 is 10.1 Å². The first-order chi connectivity index (χ1) is 15.3. The standard InChI is InChI=1S/C22H28F3N3O3S/c1-2-3-4-10-31-19-8-7-16(11-18(19)22(23,24)25)26-21-27-17(14-32-21)13-28-9-5-6-15(12-28)20(29)30/h7-8,11,14-15H,2-6,9-10,12-13H2,1H3,(H,26,27)(H,29,30). The van der Waals surface area contributed by atoms with Gasteiger partial charge in [0.2, 0.25) is 0 Å². The summed E-state index contributed by atoms with van der Waals surface area (Å²) < 4.78 is 46.0. The quantitative estimate of drug-likeness (QED) is 0.429. The molecule has 1 atom stereocenters. The molecule has 1 aromatic heterocycles. The van der Waals surface area contributed by atoms with Crippen LogP contribution in [-0.2, 0) is 17.5 Å². The summed E-state index contributed by atoms with van der Waals surface area (Å²) >= 11 is 1.30. The minimum atomic E-state index is -4.53. The van der Waals surface area contributed by atoms with Crippen molar-refractivity contribution in [2.24, 2.45) is 5.92 Å². The normalized spacial score (nSPS) is 17.3. The van der Waals surface area contributed by atoms with E-state index in [2.05, 4.69) is 10.3 Å². The van der Waals surface area contributed by atoms with Crippen LogP contribution in [0.15, 0.2) is 23.6 Å². The fourth-order valence-electron chi connectivity index (χ4n) is 3.68. The van der Waals surface area contributed by atoms with Gasteiger partial charge >= 0.3 is 12.1 Å². The van der Waals surface area contributed by atoms with Crippen LogP contribution in [0.1, 0.15) is 50.3 Å². The van der Waals surface area contributed by atoms with E-state index in [0.29, 0.717) is 31.1 Å². The first-order valence-electron chi connectivity index (χ1n) is 10.8. The van der Waals surface area contributed by atoms with Crippen LogP contribution in [0.5, 0.6) is 5.75 Å². The van der Waals surface area contributed by atoms with E-state index in [4.69, 9.17) is 4.74 Å². The van der Waals surface area contributed by atoms with Crippen LogP contribution in [0.3, 0.4) is 0 Å². The number of piperidine rings is 1. The lowest BCUT2D eigenvalue weighted by Gasteiger charge is -2.29. The molecule has 1 aliphatic heterocycles. The van der Waals surface area contributed by atoms with Gasteiger partial charge in [0, 0.05) is 24.2 Å². The first kappa shape index (κ1) is 24.3. The number of unbranched alkanes of at least 4 members (excludes halogenated alkanes) is 2. The van der Waals surface area contributed by atoms with E-state index in [9.17, 15) is 23.1 Å². The lowest BCUT2D eigenvalue weighted by molar-refractivity contribution is -0.143. The Hall–Kier alpha value is -2.33. The first-order valence-corrected chi connectivity index (χ1v) is 11.6. The van der Waals surface area contributed by atoms with E-state index in [1.807, 2.05) is 17.2 Å². The number of thiazole rings is 1. The Balaban J connectivity index is 1.64. The van der Waals surface area contributed by atoms with Crippen molar-refractivity contribution in [2.45, 2.75) is 51.7 Å². The highest BCUT2D eigenvalue weighted by molar-refractivity contribution is 7.13. The van der Waals surface area contributed by atoms with Crippen LogP contribution in [-0.4, -0.2) is 40.7 Å². The second-order valence-electron chi connectivity index (χ2n) is 7.95. The molecule has 0 radical (unpaired) electrons. The molecule has 0 bridgehead atoms. The number of aromatic nitrogens is 1. The van der Waals surface area contributed by atoms with Crippen molar-refractivity contribution in [1.29, 1.82) is 0 Å². The number of rotatable bonds is 10. The predicted molar refractivity (Wildman–Crippen MR) is 117 cm³/mol. The summed E-state index contributed by atoms with van der Waals surface area (Å²) in [7, 11) is 0. The highest BCUT2D eigenvalue weighted by atomic mass is 32.1. The van der Waals surface area contributed by atoms with Gasteiger partial charge in [-0.25, -0.2) is 4.98 Å². The molecule has 2 heterocycles. The Morgan fingerprint density at radius 3 is 2.91 bits per heavy atom. The number of alkyl halides is 3. The molecule has 0 saturated carbocycles. The van der Waals surface area contributed by atoms with Crippen molar-refractivity contribution in [1.82, 2.24) is 9.88 Å². The van der Waals surface area contributed by atoms with Crippen molar-refractivity contribution in [3.8, 4) is 5.75 Å². The summed E-state index contributed by atoms with van der Waals surface area (Å²) in [5.74, 6) is -1.32. The molecule has 1 aliphatic rings. The molecular formula is C22H28F3N3O3S. The molecule has 0 amide bonds. The number of aliphatic carboxylic acids is 1. The van der Waals surface area contributed by atoms with E-state index in [1.165, 1.54) is 17.4 Å². The largest absolute Gasteiger partial charge is 0.493 e. The molecule has 1 unspecified atom stereocenters. The van der Waals surface area contributed by atoms with Crippen molar-refractivity contribution in [2.75, 3.05) is 25.0 Å². The second kappa shape index (κ2) is 11.0. The topological polar surface area (TPSA) is 74.7 Å². The number of anilines is 2. The summed E-state index contributed by atoms with van der Waals surface area (Å²) in [5.41, 5.74) is 0.224. The number of ether oxygens (including phenoxy) is 1. The summed E-state index contributed by atoms with van der Waals surface area (Å²) in [4.78, 5) is 17.7. The third-order valence-electron chi connectivity index (χ3n) is 5.33.